The van der Waals surface area contributed by atoms with Crippen LogP contribution in [0.3, 0.4) is 0 Å². The molecule has 0 aliphatic carbocycles. The van der Waals surface area contributed by atoms with Crippen molar-refractivity contribution in [2.45, 2.75) is 31.0 Å². The van der Waals surface area contributed by atoms with Crippen LogP contribution in [0.1, 0.15) is 36.1 Å². The molecule has 2 N–H and O–H groups in total. The molecule has 0 radical (unpaired) electrons. The van der Waals surface area contributed by atoms with Crippen molar-refractivity contribution < 1.29 is 5.11 Å². The Labute approximate surface area is 77.6 Å². The van der Waals surface area contributed by atoms with Gasteiger partial charge < -0.3 is 10.4 Å². The van der Waals surface area contributed by atoms with Crippen LogP contribution in [-0.2, 0) is 0 Å². The third-order valence-corrected chi connectivity index (χ3v) is 3.22. The van der Waals surface area contributed by atoms with E-state index in [9.17, 15) is 5.11 Å². The molecule has 2 bridgehead atoms. The molecule has 2 heteroatoms. The van der Waals surface area contributed by atoms with E-state index in [1.807, 2.05) is 6.07 Å². The molecule has 0 saturated carbocycles. The molecule has 0 spiro atoms. The van der Waals surface area contributed by atoms with E-state index in [0.717, 1.165) is 12.8 Å². The topological polar surface area (TPSA) is 32.3 Å². The number of piperidine rings is 1. The van der Waals surface area contributed by atoms with Crippen LogP contribution in [0.5, 0.6) is 0 Å². The number of benzene rings is 1. The summed E-state index contributed by atoms with van der Waals surface area (Å²) in [5, 5.41) is 13.2. The van der Waals surface area contributed by atoms with Crippen LogP contribution in [0.15, 0.2) is 24.3 Å². The number of hydrogen-bond acceptors (Lipinski definition) is 2. The molecule has 0 aromatic heterocycles. The van der Waals surface area contributed by atoms with Gasteiger partial charge in [-0.15, -0.1) is 0 Å². The van der Waals surface area contributed by atoms with Crippen molar-refractivity contribution in [2.24, 2.45) is 0 Å². The summed E-state index contributed by atoms with van der Waals surface area (Å²) in [5.74, 6) is 0. The minimum atomic E-state index is -0.195. The zero-order valence-corrected chi connectivity index (χ0v) is 7.40. The summed E-state index contributed by atoms with van der Waals surface area (Å²) in [7, 11) is 0. The van der Waals surface area contributed by atoms with E-state index in [1.165, 1.54) is 11.1 Å². The van der Waals surface area contributed by atoms with E-state index >= 15 is 0 Å². The summed E-state index contributed by atoms with van der Waals surface area (Å²) in [4.78, 5) is 0. The molecule has 3 atom stereocenters. The lowest BCUT2D eigenvalue weighted by Gasteiger charge is -2.26. The zero-order chi connectivity index (χ0) is 8.84. The second kappa shape index (κ2) is 2.56. The Morgan fingerprint density at radius 1 is 1.15 bits per heavy atom. The van der Waals surface area contributed by atoms with Gasteiger partial charge in [0, 0.05) is 6.04 Å². The number of nitrogens with one attached hydrogen (secondary N) is 1. The van der Waals surface area contributed by atoms with Gasteiger partial charge in [0.15, 0.2) is 0 Å². The molecule has 1 aromatic rings. The standard InChI is InChI=1S/C11H13NO/c13-10-6-5-9-7-3-1-2-4-8(7)11(10)12-9/h1-4,9-13H,5-6H2. The maximum atomic E-state index is 9.78. The fourth-order valence-corrected chi connectivity index (χ4v) is 2.57. The predicted octanol–water partition coefficient (Wildman–Crippen LogP) is 1.53. The smallest absolute Gasteiger partial charge is 0.0735 e. The molecular formula is C11H13NO. The minimum absolute atomic E-state index is 0.190. The molecule has 1 saturated heterocycles. The van der Waals surface area contributed by atoms with E-state index in [4.69, 9.17) is 0 Å². The first-order valence-electron chi connectivity index (χ1n) is 4.89. The van der Waals surface area contributed by atoms with Gasteiger partial charge in [0.1, 0.15) is 0 Å². The van der Waals surface area contributed by atoms with Crippen molar-refractivity contribution in [3.05, 3.63) is 35.4 Å². The summed E-state index contributed by atoms with van der Waals surface area (Å²) in [6.07, 6.45) is 1.80. The molecule has 13 heavy (non-hydrogen) atoms. The highest BCUT2D eigenvalue weighted by Gasteiger charge is 2.38. The van der Waals surface area contributed by atoms with Crippen molar-refractivity contribution in [2.75, 3.05) is 0 Å². The van der Waals surface area contributed by atoms with Gasteiger partial charge in [0.25, 0.3) is 0 Å². The van der Waals surface area contributed by atoms with Crippen LogP contribution in [0.2, 0.25) is 0 Å². The first-order chi connectivity index (χ1) is 6.36. The van der Waals surface area contributed by atoms with Gasteiger partial charge in [-0.25, -0.2) is 0 Å². The molecule has 68 valence electrons. The molecule has 2 heterocycles. The predicted molar refractivity (Wildman–Crippen MR) is 50.3 cm³/mol. The average molecular weight is 175 g/mol. The van der Waals surface area contributed by atoms with Crippen molar-refractivity contribution >= 4 is 0 Å². The van der Waals surface area contributed by atoms with E-state index in [1.54, 1.807) is 0 Å². The second-order valence-corrected chi connectivity index (χ2v) is 3.97. The Morgan fingerprint density at radius 3 is 2.77 bits per heavy atom. The summed E-state index contributed by atoms with van der Waals surface area (Å²) >= 11 is 0. The highest BCUT2D eigenvalue weighted by atomic mass is 16.3. The van der Waals surface area contributed by atoms with Crippen LogP contribution in [-0.4, -0.2) is 11.2 Å². The van der Waals surface area contributed by atoms with Gasteiger partial charge in [-0.2, -0.15) is 0 Å². The van der Waals surface area contributed by atoms with Crippen molar-refractivity contribution in [1.29, 1.82) is 0 Å². The molecule has 2 nitrogen and oxygen atoms in total. The zero-order valence-electron chi connectivity index (χ0n) is 7.40. The largest absolute Gasteiger partial charge is 0.391 e. The average Bonchev–Trinajstić information content (AvgIpc) is 2.48. The van der Waals surface area contributed by atoms with Crippen molar-refractivity contribution in [3.8, 4) is 0 Å². The molecule has 0 amide bonds. The fourth-order valence-electron chi connectivity index (χ4n) is 2.57. The summed E-state index contributed by atoms with van der Waals surface area (Å²) in [6, 6.07) is 9.10. The van der Waals surface area contributed by atoms with Crippen LogP contribution < -0.4 is 5.32 Å². The van der Waals surface area contributed by atoms with Gasteiger partial charge in [-0.3, -0.25) is 0 Å². The third kappa shape index (κ3) is 0.960. The maximum Gasteiger partial charge on any atom is 0.0735 e. The summed E-state index contributed by atoms with van der Waals surface area (Å²) in [5.41, 5.74) is 2.70. The fraction of sp³-hybridized carbons (Fsp3) is 0.455. The number of rotatable bonds is 0. The number of aliphatic hydroxyl groups is 1. The molecule has 2 aliphatic rings. The summed E-state index contributed by atoms with van der Waals surface area (Å²) in [6.45, 7) is 0. The molecule has 3 rings (SSSR count). The first kappa shape index (κ1) is 7.54. The lowest BCUT2D eigenvalue weighted by atomic mass is 10.0. The molecular weight excluding hydrogens is 162 g/mol. The van der Waals surface area contributed by atoms with Crippen molar-refractivity contribution in [3.63, 3.8) is 0 Å². The molecule has 1 aromatic carbocycles. The molecule has 3 unspecified atom stereocenters. The SMILES string of the molecule is OC1CCC2NC1c1ccccc12. The Morgan fingerprint density at radius 2 is 1.92 bits per heavy atom. The van der Waals surface area contributed by atoms with E-state index < -0.39 is 0 Å². The number of hydrogen-bond donors (Lipinski definition) is 2. The Bertz CT molecular complexity index is 337. The Kier molecular flexibility index (Phi) is 1.49. The quantitative estimate of drug-likeness (QED) is 0.626. The first-order valence-corrected chi connectivity index (χ1v) is 4.89. The summed E-state index contributed by atoms with van der Waals surface area (Å²) < 4.78 is 0. The Balaban J connectivity index is 2.13. The molecule has 1 fully saturated rings. The minimum Gasteiger partial charge on any atom is -0.391 e. The normalized spacial score (nSPS) is 35.9. The highest BCUT2D eigenvalue weighted by Crippen LogP contribution is 2.42. The molecule has 2 aliphatic heterocycles. The lowest BCUT2D eigenvalue weighted by molar-refractivity contribution is 0.0912. The maximum absolute atomic E-state index is 9.78. The van der Waals surface area contributed by atoms with Gasteiger partial charge in [-0.05, 0) is 24.0 Å². The van der Waals surface area contributed by atoms with Gasteiger partial charge in [0.2, 0.25) is 0 Å². The van der Waals surface area contributed by atoms with Gasteiger partial charge in [-0.1, -0.05) is 24.3 Å². The number of fused-ring (bicyclic) bond motifs is 5. The van der Waals surface area contributed by atoms with Crippen molar-refractivity contribution in [1.82, 2.24) is 5.32 Å². The van der Waals surface area contributed by atoms with Crippen LogP contribution >= 0.6 is 0 Å². The van der Waals surface area contributed by atoms with E-state index in [2.05, 4.69) is 23.5 Å². The third-order valence-electron chi connectivity index (χ3n) is 3.22. The monoisotopic (exact) mass is 175 g/mol. The highest BCUT2D eigenvalue weighted by molar-refractivity contribution is 5.39. The van der Waals surface area contributed by atoms with Crippen LogP contribution in [0, 0.1) is 0 Å². The van der Waals surface area contributed by atoms with Crippen LogP contribution in [0.25, 0.3) is 0 Å². The van der Waals surface area contributed by atoms with Gasteiger partial charge in [0.05, 0.1) is 12.1 Å². The second-order valence-electron chi connectivity index (χ2n) is 3.97. The Hall–Kier alpha value is -0.860. The lowest BCUT2D eigenvalue weighted by Crippen LogP contribution is -2.33. The van der Waals surface area contributed by atoms with E-state index in [0.29, 0.717) is 6.04 Å². The van der Waals surface area contributed by atoms with E-state index in [-0.39, 0.29) is 12.1 Å². The van der Waals surface area contributed by atoms with Crippen LogP contribution in [0.4, 0.5) is 0 Å². The van der Waals surface area contributed by atoms with Gasteiger partial charge >= 0.3 is 0 Å². The number of aliphatic hydroxyl groups excluding tert-OH is 1.